The number of rotatable bonds is 4. The summed E-state index contributed by atoms with van der Waals surface area (Å²) in [4.78, 5) is 0.410. The predicted molar refractivity (Wildman–Crippen MR) is 76.7 cm³/mol. The van der Waals surface area contributed by atoms with Gasteiger partial charge >= 0.3 is 0 Å². The van der Waals surface area contributed by atoms with E-state index in [1.165, 1.54) is 0 Å². The fourth-order valence-electron chi connectivity index (χ4n) is 2.46. The highest BCUT2D eigenvalue weighted by atomic mass is 32.2. The first-order valence-electron chi connectivity index (χ1n) is 6.83. The Kier molecular flexibility index (Phi) is 4.60. The van der Waals surface area contributed by atoms with Crippen LogP contribution < -0.4 is 5.32 Å². The van der Waals surface area contributed by atoms with Crippen molar-refractivity contribution in [3.63, 3.8) is 0 Å². The molecule has 1 N–H and O–H groups in total. The van der Waals surface area contributed by atoms with Crippen LogP contribution in [0.25, 0.3) is 0 Å². The van der Waals surface area contributed by atoms with Crippen LogP contribution in [0.5, 0.6) is 0 Å². The van der Waals surface area contributed by atoms with E-state index in [0.29, 0.717) is 4.90 Å². The van der Waals surface area contributed by atoms with Crippen LogP contribution in [-0.4, -0.2) is 38.9 Å². The van der Waals surface area contributed by atoms with Crippen molar-refractivity contribution in [1.29, 1.82) is 0 Å². The number of piperidine rings is 1. The Morgan fingerprint density at radius 1 is 1.32 bits per heavy atom. The summed E-state index contributed by atoms with van der Waals surface area (Å²) in [5, 5.41) is 3.26. The number of aryl methyl sites for hydroxylation is 1. The van der Waals surface area contributed by atoms with Gasteiger partial charge in [0.1, 0.15) is 0 Å². The van der Waals surface area contributed by atoms with Gasteiger partial charge in [-0.25, -0.2) is 8.42 Å². The van der Waals surface area contributed by atoms with Gasteiger partial charge in [-0.3, -0.25) is 0 Å². The lowest BCUT2D eigenvalue weighted by Crippen LogP contribution is -2.43. The van der Waals surface area contributed by atoms with E-state index < -0.39 is 10.0 Å². The van der Waals surface area contributed by atoms with Crippen LogP contribution in [-0.2, 0) is 16.4 Å². The molecule has 0 amide bonds. The van der Waals surface area contributed by atoms with Gasteiger partial charge in [0.05, 0.1) is 4.90 Å². The second-order valence-corrected chi connectivity index (χ2v) is 7.00. The maximum Gasteiger partial charge on any atom is 0.243 e. The zero-order valence-electron chi connectivity index (χ0n) is 11.6. The molecule has 0 saturated carbocycles. The lowest BCUT2D eigenvalue weighted by Gasteiger charge is -2.30. The predicted octanol–water partition coefficient (Wildman–Crippen LogP) is 1.62. The Morgan fingerprint density at radius 3 is 2.63 bits per heavy atom. The first-order chi connectivity index (χ1) is 9.05. The van der Waals surface area contributed by atoms with Crippen molar-refractivity contribution in [2.24, 2.45) is 0 Å². The molecule has 1 aliphatic rings. The van der Waals surface area contributed by atoms with Gasteiger partial charge in [0.25, 0.3) is 0 Å². The minimum Gasteiger partial charge on any atom is -0.317 e. The highest BCUT2D eigenvalue weighted by Crippen LogP contribution is 2.21. The summed E-state index contributed by atoms with van der Waals surface area (Å²) in [6, 6.07) is 7.36. The van der Waals surface area contributed by atoms with Gasteiger partial charge < -0.3 is 5.32 Å². The van der Waals surface area contributed by atoms with Gasteiger partial charge in [0, 0.05) is 13.1 Å². The van der Waals surface area contributed by atoms with Crippen molar-refractivity contribution >= 4 is 10.0 Å². The molecule has 1 aliphatic heterocycles. The van der Waals surface area contributed by atoms with Gasteiger partial charge in [0.15, 0.2) is 0 Å². The van der Waals surface area contributed by atoms with E-state index in [2.05, 4.69) is 5.32 Å². The molecule has 0 atom stereocenters. The van der Waals surface area contributed by atoms with Crippen molar-refractivity contribution < 1.29 is 8.42 Å². The smallest absolute Gasteiger partial charge is 0.243 e. The molecule has 1 aromatic carbocycles. The van der Waals surface area contributed by atoms with Gasteiger partial charge in [-0.2, -0.15) is 4.31 Å². The maximum atomic E-state index is 12.6. The molecule has 0 radical (unpaired) electrons. The first kappa shape index (κ1) is 14.5. The molecule has 1 heterocycles. The second kappa shape index (κ2) is 6.03. The van der Waals surface area contributed by atoms with Gasteiger partial charge in [0.2, 0.25) is 10.0 Å². The molecule has 1 aromatic rings. The topological polar surface area (TPSA) is 49.4 Å². The van der Waals surface area contributed by atoms with Crippen molar-refractivity contribution in [3.05, 3.63) is 29.8 Å². The quantitative estimate of drug-likeness (QED) is 0.913. The van der Waals surface area contributed by atoms with E-state index >= 15 is 0 Å². The summed E-state index contributed by atoms with van der Waals surface area (Å²) in [6.07, 6.45) is 2.60. The Balaban J connectivity index is 2.24. The van der Waals surface area contributed by atoms with Crippen LogP contribution in [0.1, 0.15) is 25.3 Å². The molecule has 0 bridgehead atoms. The number of nitrogens with zero attached hydrogens (tertiary/aromatic N) is 1. The van der Waals surface area contributed by atoms with E-state index in [0.717, 1.165) is 37.9 Å². The summed E-state index contributed by atoms with van der Waals surface area (Å²) < 4.78 is 26.8. The van der Waals surface area contributed by atoms with E-state index in [-0.39, 0.29) is 6.04 Å². The van der Waals surface area contributed by atoms with Gasteiger partial charge in [-0.05, 0) is 50.0 Å². The molecule has 4 nitrogen and oxygen atoms in total. The molecule has 5 heteroatoms. The monoisotopic (exact) mass is 282 g/mol. The standard InChI is InChI=1S/C14H22N2O2S/c1-3-12-5-4-6-14(11-12)19(17,18)16(2)13-7-9-15-10-8-13/h4-6,11,13,15H,3,7-10H2,1-2H3. The molecule has 106 valence electrons. The maximum absolute atomic E-state index is 12.6. The molecule has 1 saturated heterocycles. The van der Waals surface area contributed by atoms with Crippen LogP contribution >= 0.6 is 0 Å². The van der Waals surface area contributed by atoms with Crippen LogP contribution in [0.4, 0.5) is 0 Å². The van der Waals surface area contributed by atoms with E-state index in [4.69, 9.17) is 0 Å². The molecule has 0 aromatic heterocycles. The van der Waals surface area contributed by atoms with Crippen LogP contribution in [0.2, 0.25) is 0 Å². The summed E-state index contributed by atoms with van der Waals surface area (Å²) in [6.45, 7) is 3.81. The minimum absolute atomic E-state index is 0.108. The third kappa shape index (κ3) is 3.16. The number of hydrogen-bond acceptors (Lipinski definition) is 3. The van der Waals surface area contributed by atoms with Gasteiger partial charge in [-0.15, -0.1) is 0 Å². The molecule has 19 heavy (non-hydrogen) atoms. The van der Waals surface area contributed by atoms with E-state index in [1.54, 1.807) is 23.5 Å². The Morgan fingerprint density at radius 2 is 2.00 bits per heavy atom. The Hall–Kier alpha value is -0.910. The van der Waals surface area contributed by atoms with E-state index in [1.807, 2.05) is 19.1 Å². The van der Waals surface area contributed by atoms with Crippen LogP contribution in [0.3, 0.4) is 0 Å². The van der Waals surface area contributed by atoms with Crippen molar-refractivity contribution in [2.45, 2.75) is 37.1 Å². The highest BCUT2D eigenvalue weighted by Gasteiger charge is 2.28. The minimum atomic E-state index is -3.37. The molecule has 0 aliphatic carbocycles. The number of benzene rings is 1. The lowest BCUT2D eigenvalue weighted by atomic mass is 10.1. The third-order valence-electron chi connectivity index (χ3n) is 3.81. The molecular weight excluding hydrogens is 260 g/mol. The molecule has 0 spiro atoms. The Bertz CT molecular complexity index is 522. The molecule has 2 rings (SSSR count). The van der Waals surface area contributed by atoms with Crippen LogP contribution in [0, 0.1) is 0 Å². The lowest BCUT2D eigenvalue weighted by molar-refractivity contribution is 0.296. The zero-order valence-corrected chi connectivity index (χ0v) is 12.4. The van der Waals surface area contributed by atoms with Crippen molar-refractivity contribution in [1.82, 2.24) is 9.62 Å². The van der Waals surface area contributed by atoms with Crippen molar-refractivity contribution in [3.8, 4) is 0 Å². The van der Waals surface area contributed by atoms with Crippen molar-refractivity contribution in [2.75, 3.05) is 20.1 Å². The van der Waals surface area contributed by atoms with Gasteiger partial charge in [-0.1, -0.05) is 19.1 Å². The molecular formula is C14H22N2O2S. The highest BCUT2D eigenvalue weighted by molar-refractivity contribution is 7.89. The summed E-state index contributed by atoms with van der Waals surface area (Å²) in [5.41, 5.74) is 1.06. The number of nitrogens with one attached hydrogen (secondary N) is 1. The summed E-state index contributed by atoms with van der Waals surface area (Å²) >= 11 is 0. The molecule has 1 fully saturated rings. The largest absolute Gasteiger partial charge is 0.317 e. The SMILES string of the molecule is CCc1cccc(S(=O)(=O)N(C)C2CCNCC2)c1. The molecule has 0 unspecified atom stereocenters. The summed E-state index contributed by atoms with van der Waals surface area (Å²) in [7, 11) is -1.67. The van der Waals surface area contributed by atoms with Crippen LogP contribution in [0.15, 0.2) is 29.2 Å². The number of sulfonamides is 1. The number of hydrogen-bond donors (Lipinski definition) is 1. The second-order valence-electron chi connectivity index (χ2n) is 5.00. The fraction of sp³-hybridized carbons (Fsp3) is 0.571. The fourth-order valence-corrected chi connectivity index (χ4v) is 3.95. The average molecular weight is 282 g/mol. The third-order valence-corrected chi connectivity index (χ3v) is 5.71. The van der Waals surface area contributed by atoms with E-state index in [9.17, 15) is 8.42 Å². The Labute approximate surface area is 115 Å². The average Bonchev–Trinajstić information content (AvgIpc) is 2.47. The summed E-state index contributed by atoms with van der Waals surface area (Å²) in [5.74, 6) is 0. The first-order valence-corrected chi connectivity index (χ1v) is 8.27. The zero-order chi connectivity index (χ0) is 13.9. The normalized spacial score (nSPS) is 17.8.